The lowest BCUT2D eigenvalue weighted by atomic mass is 10.1. The number of hydrogen-bond donors (Lipinski definition) is 1. The van der Waals surface area contributed by atoms with Crippen LogP contribution in [0.3, 0.4) is 0 Å². The number of nitrogens with one attached hydrogen (secondary N) is 1. The van der Waals surface area contributed by atoms with E-state index in [4.69, 9.17) is 4.74 Å². The molecule has 0 aromatic heterocycles. The molecule has 0 radical (unpaired) electrons. The van der Waals surface area contributed by atoms with Crippen molar-refractivity contribution in [3.05, 3.63) is 64.7 Å². The van der Waals surface area contributed by atoms with E-state index in [-0.39, 0.29) is 11.8 Å². The van der Waals surface area contributed by atoms with E-state index in [1.165, 1.54) is 16.7 Å². The fourth-order valence-corrected chi connectivity index (χ4v) is 4.52. The van der Waals surface area contributed by atoms with Crippen LogP contribution in [0.25, 0.3) is 0 Å². The third kappa shape index (κ3) is 7.62. The first-order chi connectivity index (χ1) is 14.9. The zero-order valence-corrected chi connectivity index (χ0v) is 20.1. The van der Waals surface area contributed by atoms with Crippen LogP contribution < -0.4 is 10.1 Å². The summed E-state index contributed by atoms with van der Waals surface area (Å²) < 4.78 is 5.32. The normalized spacial score (nSPS) is 11.6. The van der Waals surface area contributed by atoms with Crippen molar-refractivity contribution in [3.63, 3.8) is 0 Å². The molecule has 2 rings (SSSR count). The molecule has 0 saturated heterocycles. The third-order valence-corrected chi connectivity index (χ3v) is 5.99. The molecule has 0 unspecified atom stereocenters. The minimum atomic E-state index is -0.500. The second-order valence-electron chi connectivity index (χ2n) is 7.68. The molecular weight excluding hydrogens is 408 g/mol. The van der Waals surface area contributed by atoms with E-state index in [2.05, 4.69) is 37.4 Å². The van der Waals surface area contributed by atoms with Crippen molar-refractivity contribution in [1.82, 2.24) is 10.2 Å². The van der Waals surface area contributed by atoms with E-state index >= 15 is 0 Å². The predicted molar refractivity (Wildman–Crippen MR) is 128 cm³/mol. The minimum absolute atomic E-state index is 0.0321. The number of amides is 2. The average molecular weight is 443 g/mol. The molecule has 0 heterocycles. The summed E-state index contributed by atoms with van der Waals surface area (Å²) in [5.41, 5.74) is 4.60. The number of nitrogens with zero attached hydrogens (tertiary/aromatic N) is 1. The maximum atomic E-state index is 13.2. The van der Waals surface area contributed by atoms with Gasteiger partial charge in [0.25, 0.3) is 0 Å². The molecule has 0 fully saturated rings. The van der Waals surface area contributed by atoms with Gasteiger partial charge in [-0.1, -0.05) is 48.4 Å². The van der Waals surface area contributed by atoms with Crippen LogP contribution in [0.1, 0.15) is 42.5 Å². The van der Waals surface area contributed by atoms with Gasteiger partial charge in [0.15, 0.2) is 0 Å². The van der Waals surface area contributed by atoms with Crippen LogP contribution in [0, 0.1) is 13.8 Å². The predicted octanol–water partition coefficient (Wildman–Crippen LogP) is 4.49. The van der Waals surface area contributed by atoms with Gasteiger partial charge in [-0.15, -0.1) is 11.8 Å². The maximum absolute atomic E-state index is 13.2. The first-order valence-electron chi connectivity index (χ1n) is 10.7. The Labute approximate surface area is 190 Å². The molecule has 0 aliphatic heterocycles. The standard InChI is InChI=1S/C25H34N2O3S/c1-6-23(25(29)26-7-2)27(15-20-9-8-10-22(14-20)30-5)24(28)17-31-16-21-12-18(3)11-19(4)13-21/h8-14,23H,6-7,15-17H2,1-5H3,(H,26,29)/t23-/m1/s1. The Morgan fingerprint density at radius 1 is 1.06 bits per heavy atom. The van der Waals surface area contributed by atoms with Gasteiger partial charge in [-0.3, -0.25) is 9.59 Å². The molecule has 2 amide bonds. The zero-order valence-electron chi connectivity index (χ0n) is 19.2. The number of hydrogen-bond acceptors (Lipinski definition) is 4. The summed E-state index contributed by atoms with van der Waals surface area (Å²) in [4.78, 5) is 27.6. The van der Waals surface area contributed by atoms with Gasteiger partial charge in [0.05, 0.1) is 12.9 Å². The molecular formula is C25H34N2O3S. The van der Waals surface area contributed by atoms with Crippen LogP contribution in [0.5, 0.6) is 5.75 Å². The Bertz CT molecular complexity index is 865. The van der Waals surface area contributed by atoms with Crippen LogP contribution in [0.15, 0.2) is 42.5 Å². The summed E-state index contributed by atoms with van der Waals surface area (Å²) in [5, 5.41) is 2.87. The minimum Gasteiger partial charge on any atom is -0.497 e. The van der Waals surface area contributed by atoms with Crippen molar-refractivity contribution in [2.75, 3.05) is 19.4 Å². The van der Waals surface area contributed by atoms with Crippen molar-refractivity contribution in [2.24, 2.45) is 0 Å². The molecule has 168 valence electrons. The largest absolute Gasteiger partial charge is 0.497 e. The van der Waals surface area contributed by atoms with E-state index in [0.29, 0.717) is 25.3 Å². The molecule has 5 nitrogen and oxygen atoms in total. The van der Waals surface area contributed by atoms with Crippen molar-refractivity contribution >= 4 is 23.6 Å². The number of aryl methyl sites for hydroxylation is 2. The first-order valence-corrected chi connectivity index (χ1v) is 11.9. The van der Waals surface area contributed by atoms with Crippen LogP contribution >= 0.6 is 11.8 Å². The second kappa shape index (κ2) is 12.4. The molecule has 0 aliphatic carbocycles. The number of carbonyl (C=O) groups excluding carboxylic acids is 2. The number of methoxy groups -OCH3 is 1. The van der Waals surface area contributed by atoms with Crippen LogP contribution in [0.2, 0.25) is 0 Å². The summed E-state index contributed by atoms with van der Waals surface area (Å²) >= 11 is 1.58. The highest BCUT2D eigenvalue weighted by Gasteiger charge is 2.28. The quantitative estimate of drug-likeness (QED) is 0.557. The molecule has 0 aliphatic rings. The Hall–Kier alpha value is -2.47. The van der Waals surface area contributed by atoms with Gasteiger partial charge in [0, 0.05) is 18.8 Å². The fourth-order valence-electron chi connectivity index (χ4n) is 3.67. The number of ether oxygens (including phenoxy) is 1. The highest BCUT2D eigenvalue weighted by molar-refractivity contribution is 7.99. The second-order valence-corrected chi connectivity index (χ2v) is 8.67. The molecule has 6 heteroatoms. The monoisotopic (exact) mass is 442 g/mol. The van der Waals surface area contributed by atoms with Crippen molar-refractivity contribution in [2.45, 2.75) is 52.5 Å². The van der Waals surface area contributed by atoms with Crippen LogP contribution in [0.4, 0.5) is 0 Å². The topological polar surface area (TPSA) is 58.6 Å². The van der Waals surface area contributed by atoms with Gasteiger partial charge < -0.3 is 15.0 Å². The Balaban J connectivity index is 2.14. The van der Waals surface area contributed by atoms with Gasteiger partial charge in [-0.05, 0) is 50.5 Å². The summed E-state index contributed by atoms with van der Waals surface area (Å²) in [5.74, 6) is 1.68. The smallest absolute Gasteiger partial charge is 0.242 e. The SMILES string of the molecule is CCNC(=O)[C@@H](CC)N(Cc1cccc(OC)c1)C(=O)CSCc1cc(C)cc(C)c1. The average Bonchev–Trinajstić information content (AvgIpc) is 2.73. The molecule has 31 heavy (non-hydrogen) atoms. The van der Waals surface area contributed by atoms with E-state index < -0.39 is 6.04 Å². The molecule has 0 spiro atoms. The summed E-state index contributed by atoms with van der Waals surface area (Å²) in [6.07, 6.45) is 0.559. The highest BCUT2D eigenvalue weighted by atomic mass is 32.2. The molecule has 0 saturated carbocycles. The summed E-state index contributed by atoms with van der Waals surface area (Å²) in [6.45, 7) is 8.90. The zero-order chi connectivity index (χ0) is 22.8. The molecule has 1 N–H and O–H groups in total. The van der Waals surface area contributed by atoms with Crippen LogP contribution in [-0.2, 0) is 21.9 Å². The lowest BCUT2D eigenvalue weighted by Gasteiger charge is -2.30. The number of likely N-dealkylation sites (N-methyl/N-ethyl adjacent to an activating group) is 1. The molecule has 2 aromatic carbocycles. The van der Waals surface area contributed by atoms with Gasteiger partial charge in [-0.2, -0.15) is 0 Å². The van der Waals surface area contributed by atoms with E-state index in [0.717, 1.165) is 17.1 Å². The van der Waals surface area contributed by atoms with E-state index in [1.807, 2.05) is 38.1 Å². The number of carbonyl (C=O) groups is 2. The number of rotatable bonds is 11. The Morgan fingerprint density at radius 2 is 1.77 bits per heavy atom. The third-order valence-electron chi connectivity index (χ3n) is 5.00. The van der Waals surface area contributed by atoms with Gasteiger partial charge in [0.1, 0.15) is 11.8 Å². The Morgan fingerprint density at radius 3 is 2.39 bits per heavy atom. The van der Waals surface area contributed by atoms with Crippen molar-refractivity contribution < 1.29 is 14.3 Å². The number of thioether (sulfide) groups is 1. The number of benzene rings is 2. The summed E-state index contributed by atoms with van der Waals surface area (Å²) in [6, 6.07) is 13.6. The van der Waals surface area contributed by atoms with E-state index in [9.17, 15) is 9.59 Å². The van der Waals surface area contributed by atoms with Gasteiger partial charge in [-0.25, -0.2) is 0 Å². The van der Waals surface area contributed by atoms with Crippen LogP contribution in [-0.4, -0.2) is 42.2 Å². The van der Waals surface area contributed by atoms with E-state index in [1.54, 1.807) is 23.8 Å². The molecule has 1 atom stereocenters. The molecule has 2 aromatic rings. The fraction of sp³-hybridized carbons (Fsp3) is 0.440. The first kappa shape index (κ1) is 24.8. The van der Waals surface area contributed by atoms with Crippen molar-refractivity contribution in [3.8, 4) is 5.75 Å². The lowest BCUT2D eigenvalue weighted by molar-refractivity contribution is -0.139. The van der Waals surface area contributed by atoms with Gasteiger partial charge in [0.2, 0.25) is 11.8 Å². The maximum Gasteiger partial charge on any atom is 0.242 e. The summed E-state index contributed by atoms with van der Waals surface area (Å²) in [7, 11) is 1.62. The van der Waals surface area contributed by atoms with Crippen molar-refractivity contribution in [1.29, 1.82) is 0 Å². The molecule has 0 bridgehead atoms. The Kier molecular flexibility index (Phi) is 9.92. The lowest BCUT2D eigenvalue weighted by Crippen LogP contribution is -2.49. The van der Waals surface area contributed by atoms with Gasteiger partial charge >= 0.3 is 0 Å². The highest BCUT2D eigenvalue weighted by Crippen LogP contribution is 2.20.